The molecule has 0 radical (unpaired) electrons. The van der Waals surface area contributed by atoms with Gasteiger partial charge in [0.15, 0.2) is 11.6 Å². The van der Waals surface area contributed by atoms with Crippen LogP contribution in [0, 0.1) is 23.0 Å². The minimum atomic E-state index is -0.640. The topological polar surface area (TPSA) is 108 Å². The zero-order valence-corrected chi connectivity index (χ0v) is 30.4. The van der Waals surface area contributed by atoms with Gasteiger partial charge in [0.25, 0.3) is 0 Å². The first-order valence-corrected chi connectivity index (χ1v) is 18.0. The van der Waals surface area contributed by atoms with Crippen LogP contribution in [-0.2, 0) is 14.3 Å². The number of aromatic nitrogens is 1. The summed E-state index contributed by atoms with van der Waals surface area (Å²) in [6.07, 6.45) is 2.75. The number of ether oxygens (including phenoxy) is 1. The van der Waals surface area contributed by atoms with Gasteiger partial charge in [0.05, 0.1) is 11.6 Å². The molecule has 3 aliphatic rings. The first-order chi connectivity index (χ1) is 24.1. The molecule has 2 aromatic carbocycles. The number of nitrogens with one attached hydrogen (secondary N) is 1. The van der Waals surface area contributed by atoms with Gasteiger partial charge in [-0.3, -0.25) is 9.59 Å². The molecule has 6 rings (SSSR count). The molecule has 51 heavy (non-hydrogen) atoms. The molecule has 1 spiro atoms. The number of carbonyl (C=O) groups excluding carboxylic acids is 3. The van der Waals surface area contributed by atoms with Gasteiger partial charge < -0.3 is 29.3 Å². The second-order valence-corrected chi connectivity index (χ2v) is 15.8. The van der Waals surface area contributed by atoms with Crippen LogP contribution in [0.2, 0.25) is 0 Å². The molecule has 10 nitrogen and oxygen atoms in total. The molecule has 1 N–H and O–H groups in total. The van der Waals surface area contributed by atoms with Gasteiger partial charge in [-0.1, -0.05) is 49.3 Å². The van der Waals surface area contributed by atoms with Crippen LogP contribution in [0.5, 0.6) is 0 Å². The SMILES string of the molecule is CC(NC(=O)C1CCCN1C(=O)C(c1cc(N2CC3(CCN(C(=O)OC(C)(C)C)CC3)C2)no1)C(C)C)c1ccc(-c2c(F)cccc2F)cc1. The predicted molar refractivity (Wildman–Crippen MR) is 189 cm³/mol. The third-order valence-corrected chi connectivity index (χ3v) is 10.5. The van der Waals surface area contributed by atoms with Gasteiger partial charge in [-0.25, -0.2) is 13.6 Å². The number of piperidine rings is 1. The monoisotopic (exact) mass is 705 g/mol. The molecule has 0 saturated carbocycles. The minimum absolute atomic E-state index is 0.0920. The van der Waals surface area contributed by atoms with Crippen LogP contribution >= 0.6 is 0 Å². The molecule has 1 aromatic heterocycles. The summed E-state index contributed by atoms with van der Waals surface area (Å²) in [6, 6.07) is 11.4. The molecule has 12 heteroatoms. The Bertz CT molecular complexity index is 1720. The van der Waals surface area contributed by atoms with Gasteiger partial charge in [-0.05, 0) is 82.6 Å². The number of anilines is 1. The maximum Gasteiger partial charge on any atom is 0.410 e. The fraction of sp³-hybridized carbons (Fsp3) is 0.538. The number of carbonyl (C=O) groups is 3. The molecule has 0 aliphatic carbocycles. The highest BCUT2D eigenvalue weighted by Gasteiger charge is 2.47. The van der Waals surface area contributed by atoms with E-state index >= 15 is 0 Å². The van der Waals surface area contributed by atoms with Crippen molar-refractivity contribution in [1.29, 1.82) is 0 Å². The first kappa shape index (κ1) is 36.3. The smallest absolute Gasteiger partial charge is 0.410 e. The molecule has 3 atom stereocenters. The standard InChI is InChI=1S/C39H49F2N5O5/c1-24(2)33(31-21-32(43-51-31)45-22-39(23-45)16-19-44(20-17-39)37(49)50-38(4,5)6)36(48)46-18-8-11-30(46)35(47)42-25(3)26-12-14-27(15-13-26)34-28(40)9-7-10-29(34)41/h7,9-10,12-15,21,24-25,30,33H,8,11,16-20,22-23H2,1-6H3,(H,42,47). The molecule has 4 heterocycles. The van der Waals surface area contributed by atoms with Crippen molar-refractivity contribution in [3.8, 4) is 11.1 Å². The number of benzene rings is 2. The fourth-order valence-electron chi connectivity index (χ4n) is 7.63. The van der Waals surface area contributed by atoms with E-state index in [1.807, 2.05) is 47.6 Å². The van der Waals surface area contributed by atoms with E-state index < -0.39 is 35.2 Å². The molecule has 3 aliphatic heterocycles. The fourth-order valence-corrected chi connectivity index (χ4v) is 7.63. The number of likely N-dealkylation sites (tertiary alicyclic amines) is 2. The van der Waals surface area contributed by atoms with Crippen molar-refractivity contribution in [2.45, 2.75) is 90.8 Å². The maximum atomic E-state index is 14.3. The highest BCUT2D eigenvalue weighted by Crippen LogP contribution is 2.43. The van der Waals surface area contributed by atoms with Crippen LogP contribution in [0.4, 0.5) is 19.4 Å². The van der Waals surface area contributed by atoms with E-state index in [-0.39, 0.29) is 34.8 Å². The van der Waals surface area contributed by atoms with E-state index in [1.165, 1.54) is 18.2 Å². The zero-order chi connectivity index (χ0) is 36.7. The lowest BCUT2D eigenvalue weighted by molar-refractivity contribution is -0.141. The molecule has 274 valence electrons. The molecule has 3 saturated heterocycles. The average Bonchev–Trinajstić information content (AvgIpc) is 3.74. The molecular weight excluding hydrogens is 656 g/mol. The Balaban J connectivity index is 1.05. The third-order valence-electron chi connectivity index (χ3n) is 10.5. The van der Waals surface area contributed by atoms with E-state index in [1.54, 1.807) is 34.1 Å². The number of amides is 3. The van der Waals surface area contributed by atoms with E-state index in [2.05, 4.69) is 15.4 Å². The van der Waals surface area contributed by atoms with Crippen molar-refractivity contribution in [3.63, 3.8) is 0 Å². The van der Waals surface area contributed by atoms with Gasteiger partial charge in [0, 0.05) is 44.2 Å². The van der Waals surface area contributed by atoms with E-state index in [9.17, 15) is 23.2 Å². The zero-order valence-electron chi connectivity index (χ0n) is 30.4. The highest BCUT2D eigenvalue weighted by atomic mass is 19.1. The second kappa shape index (κ2) is 14.3. The van der Waals surface area contributed by atoms with Gasteiger partial charge in [-0.15, -0.1) is 0 Å². The molecule has 3 aromatic rings. The van der Waals surface area contributed by atoms with Crippen LogP contribution in [0.1, 0.15) is 90.5 Å². The van der Waals surface area contributed by atoms with E-state index in [0.29, 0.717) is 49.6 Å². The quantitative estimate of drug-likeness (QED) is 0.267. The lowest BCUT2D eigenvalue weighted by Gasteiger charge is -2.53. The summed E-state index contributed by atoms with van der Waals surface area (Å²) >= 11 is 0. The van der Waals surface area contributed by atoms with Gasteiger partial charge >= 0.3 is 6.09 Å². The predicted octanol–water partition coefficient (Wildman–Crippen LogP) is 7.07. The Kier molecular flexibility index (Phi) is 10.2. The molecule has 3 unspecified atom stereocenters. The normalized spacial score (nSPS) is 19.9. The Morgan fingerprint density at radius 1 is 0.980 bits per heavy atom. The van der Waals surface area contributed by atoms with Crippen LogP contribution < -0.4 is 10.2 Å². The van der Waals surface area contributed by atoms with E-state index in [4.69, 9.17) is 9.26 Å². The lowest BCUT2D eigenvalue weighted by atomic mass is 9.72. The van der Waals surface area contributed by atoms with Crippen molar-refractivity contribution < 1.29 is 32.4 Å². The van der Waals surface area contributed by atoms with Crippen LogP contribution in [0.3, 0.4) is 0 Å². The first-order valence-electron chi connectivity index (χ1n) is 18.0. The second-order valence-electron chi connectivity index (χ2n) is 15.8. The van der Waals surface area contributed by atoms with Crippen LogP contribution in [0.15, 0.2) is 53.1 Å². The number of rotatable bonds is 8. The average molecular weight is 706 g/mol. The number of hydrogen-bond donors (Lipinski definition) is 1. The molecule has 3 fully saturated rings. The largest absolute Gasteiger partial charge is 0.444 e. The number of halogens is 2. The Morgan fingerprint density at radius 3 is 2.24 bits per heavy atom. The molecular formula is C39H49F2N5O5. The van der Waals surface area contributed by atoms with Crippen molar-refractivity contribution in [2.24, 2.45) is 11.3 Å². The Hall–Kier alpha value is -4.48. The molecule has 0 bridgehead atoms. The molecule has 3 amide bonds. The van der Waals surface area contributed by atoms with Gasteiger partial charge in [-0.2, -0.15) is 0 Å². The summed E-state index contributed by atoms with van der Waals surface area (Å²) in [6.45, 7) is 14.8. The van der Waals surface area contributed by atoms with Crippen molar-refractivity contribution >= 4 is 23.7 Å². The van der Waals surface area contributed by atoms with Gasteiger partial charge in [0.2, 0.25) is 11.8 Å². The lowest BCUT2D eigenvalue weighted by Crippen LogP contribution is -2.61. The summed E-state index contributed by atoms with van der Waals surface area (Å²) in [7, 11) is 0. The van der Waals surface area contributed by atoms with Crippen LogP contribution in [0.25, 0.3) is 11.1 Å². The Labute approximate surface area is 298 Å². The third kappa shape index (κ3) is 7.74. The summed E-state index contributed by atoms with van der Waals surface area (Å²) < 4.78 is 40.0. The van der Waals surface area contributed by atoms with Crippen molar-refractivity contribution in [3.05, 3.63) is 71.5 Å². The Morgan fingerprint density at radius 2 is 1.63 bits per heavy atom. The van der Waals surface area contributed by atoms with Crippen LogP contribution in [-0.4, -0.2) is 77.2 Å². The minimum Gasteiger partial charge on any atom is -0.444 e. The van der Waals surface area contributed by atoms with Gasteiger partial charge in [0.1, 0.15) is 29.2 Å². The van der Waals surface area contributed by atoms with Crippen molar-refractivity contribution in [1.82, 2.24) is 20.3 Å². The number of nitrogens with zero attached hydrogens (tertiary/aromatic N) is 4. The summed E-state index contributed by atoms with van der Waals surface area (Å²) in [4.78, 5) is 45.8. The summed E-state index contributed by atoms with van der Waals surface area (Å²) in [5.41, 5.74) is 0.676. The maximum absolute atomic E-state index is 14.3. The highest BCUT2D eigenvalue weighted by molar-refractivity contribution is 5.91. The summed E-state index contributed by atoms with van der Waals surface area (Å²) in [5, 5.41) is 7.39. The number of hydrogen-bond acceptors (Lipinski definition) is 7. The van der Waals surface area contributed by atoms with Crippen molar-refractivity contribution in [2.75, 3.05) is 37.6 Å². The summed E-state index contributed by atoms with van der Waals surface area (Å²) in [5.74, 6) is -1.22. The van der Waals surface area contributed by atoms with E-state index in [0.717, 1.165) is 31.5 Å².